The van der Waals surface area contributed by atoms with Crippen molar-refractivity contribution in [3.8, 4) is 0 Å². The van der Waals surface area contributed by atoms with Gasteiger partial charge in [0.15, 0.2) is 0 Å². The maximum absolute atomic E-state index is 12.4. The third-order valence-electron chi connectivity index (χ3n) is 4.26. The minimum atomic E-state index is -3.75. The molecule has 0 bridgehead atoms. The van der Waals surface area contributed by atoms with Crippen molar-refractivity contribution < 1.29 is 27.9 Å². The number of carboxylic acids is 1. The molecule has 1 saturated carbocycles. The summed E-state index contributed by atoms with van der Waals surface area (Å²) in [4.78, 5) is 23.5. The molecule has 8 nitrogen and oxygen atoms in total. The third-order valence-corrected chi connectivity index (χ3v) is 5.72. The van der Waals surface area contributed by atoms with Crippen LogP contribution in [-0.4, -0.2) is 52.2 Å². The number of hydrogen-bond donors (Lipinski definition) is 3. The number of carbonyl (C=O) groups is 2. The van der Waals surface area contributed by atoms with Crippen LogP contribution in [0.2, 0.25) is 0 Å². The lowest BCUT2D eigenvalue weighted by Gasteiger charge is -2.13. The number of methoxy groups -OCH3 is 1. The Morgan fingerprint density at radius 3 is 2.56 bits per heavy atom. The molecule has 0 saturated heterocycles. The first kappa shape index (κ1) is 19.4. The molecule has 25 heavy (non-hydrogen) atoms. The Bertz CT molecular complexity index is 771. The molecular weight excluding hydrogens is 348 g/mol. The van der Waals surface area contributed by atoms with Crippen LogP contribution in [0, 0.1) is 12.3 Å². The normalized spacial score (nSPS) is 15.6. The average Bonchev–Trinajstić information content (AvgIpc) is 3.34. The lowest BCUT2D eigenvalue weighted by molar-refractivity contribution is -0.143. The molecule has 2 rings (SSSR count). The molecule has 0 aromatic heterocycles. The minimum absolute atomic E-state index is 0.0290. The lowest BCUT2D eigenvalue weighted by Crippen LogP contribution is -2.34. The molecule has 0 unspecified atom stereocenters. The van der Waals surface area contributed by atoms with Gasteiger partial charge in [0.1, 0.15) is 0 Å². The molecule has 3 N–H and O–H groups in total. The first-order valence-corrected chi connectivity index (χ1v) is 9.31. The van der Waals surface area contributed by atoms with Gasteiger partial charge in [-0.2, -0.15) is 0 Å². The van der Waals surface area contributed by atoms with Gasteiger partial charge in [0.05, 0.1) is 16.9 Å². The van der Waals surface area contributed by atoms with E-state index in [2.05, 4.69) is 10.0 Å². The van der Waals surface area contributed by atoms with Gasteiger partial charge in [-0.05, 0) is 37.5 Å². The number of carboxylic acid groups (broad SMARTS) is 1. The number of aryl methyl sites for hydroxylation is 1. The van der Waals surface area contributed by atoms with Crippen LogP contribution in [0.4, 0.5) is 0 Å². The Labute approximate surface area is 146 Å². The number of nitrogens with one attached hydrogen (secondary N) is 2. The fourth-order valence-corrected chi connectivity index (χ4v) is 3.38. The highest BCUT2D eigenvalue weighted by molar-refractivity contribution is 7.89. The first-order chi connectivity index (χ1) is 11.7. The summed E-state index contributed by atoms with van der Waals surface area (Å²) in [5, 5.41) is 11.7. The molecule has 9 heteroatoms. The van der Waals surface area contributed by atoms with Crippen molar-refractivity contribution >= 4 is 21.9 Å². The Balaban J connectivity index is 2.13. The van der Waals surface area contributed by atoms with Gasteiger partial charge in [0.25, 0.3) is 5.91 Å². The van der Waals surface area contributed by atoms with E-state index in [1.807, 2.05) is 0 Å². The summed E-state index contributed by atoms with van der Waals surface area (Å²) in [5.74, 6) is -1.41. The van der Waals surface area contributed by atoms with Crippen LogP contribution in [0.1, 0.15) is 28.8 Å². The van der Waals surface area contributed by atoms with Crippen LogP contribution in [0.15, 0.2) is 23.1 Å². The molecule has 1 amide bonds. The van der Waals surface area contributed by atoms with Gasteiger partial charge >= 0.3 is 5.97 Å². The van der Waals surface area contributed by atoms with Gasteiger partial charge in [-0.3, -0.25) is 9.59 Å². The summed E-state index contributed by atoms with van der Waals surface area (Å²) >= 11 is 0. The summed E-state index contributed by atoms with van der Waals surface area (Å²) in [6, 6.07) is 4.25. The fraction of sp³-hybridized carbons (Fsp3) is 0.500. The summed E-state index contributed by atoms with van der Waals surface area (Å²) in [6.45, 7) is 2.07. The molecule has 1 aromatic rings. The van der Waals surface area contributed by atoms with Gasteiger partial charge in [0, 0.05) is 25.8 Å². The smallest absolute Gasteiger partial charge is 0.311 e. The summed E-state index contributed by atoms with van der Waals surface area (Å²) in [5.41, 5.74) is -0.0704. The zero-order valence-corrected chi connectivity index (χ0v) is 15.0. The zero-order chi connectivity index (χ0) is 18.7. The van der Waals surface area contributed by atoms with Crippen molar-refractivity contribution in [2.24, 2.45) is 5.41 Å². The van der Waals surface area contributed by atoms with E-state index >= 15 is 0 Å². The van der Waals surface area contributed by atoms with Crippen LogP contribution in [0.5, 0.6) is 0 Å². The van der Waals surface area contributed by atoms with E-state index in [0.717, 1.165) is 0 Å². The van der Waals surface area contributed by atoms with Crippen LogP contribution >= 0.6 is 0 Å². The topological polar surface area (TPSA) is 122 Å². The van der Waals surface area contributed by atoms with Crippen LogP contribution < -0.4 is 10.0 Å². The highest BCUT2D eigenvalue weighted by Crippen LogP contribution is 2.45. The molecular formula is C16H22N2O6S. The quantitative estimate of drug-likeness (QED) is 0.545. The molecule has 0 radical (unpaired) electrons. The van der Waals surface area contributed by atoms with E-state index in [-0.39, 0.29) is 30.2 Å². The third kappa shape index (κ3) is 4.56. The maximum atomic E-state index is 12.4. The second-order valence-corrected chi connectivity index (χ2v) is 7.90. The first-order valence-electron chi connectivity index (χ1n) is 7.83. The molecule has 1 aromatic carbocycles. The second-order valence-electron chi connectivity index (χ2n) is 6.14. The minimum Gasteiger partial charge on any atom is -0.481 e. The largest absolute Gasteiger partial charge is 0.481 e. The highest BCUT2D eigenvalue weighted by Gasteiger charge is 2.50. The molecule has 0 heterocycles. The van der Waals surface area contributed by atoms with Gasteiger partial charge in [-0.15, -0.1) is 0 Å². The van der Waals surface area contributed by atoms with Crippen molar-refractivity contribution in [1.82, 2.24) is 10.0 Å². The molecule has 1 fully saturated rings. The van der Waals surface area contributed by atoms with Crippen molar-refractivity contribution in [1.29, 1.82) is 0 Å². The van der Waals surface area contributed by atoms with E-state index in [1.54, 1.807) is 13.0 Å². The van der Waals surface area contributed by atoms with Crippen molar-refractivity contribution in [3.63, 3.8) is 0 Å². The summed E-state index contributed by atoms with van der Waals surface area (Å²) in [7, 11) is -2.29. The van der Waals surface area contributed by atoms with E-state index in [4.69, 9.17) is 9.84 Å². The molecule has 0 aliphatic heterocycles. The van der Waals surface area contributed by atoms with Gasteiger partial charge < -0.3 is 15.2 Å². The summed E-state index contributed by atoms with van der Waals surface area (Å²) in [6.07, 6.45) is 1.05. The number of sulfonamides is 1. The Morgan fingerprint density at radius 2 is 2.00 bits per heavy atom. The van der Waals surface area contributed by atoms with Gasteiger partial charge in [-0.25, -0.2) is 13.1 Å². The highest BCUT2D eigenvalue weighted by atomic mass is 32.2. The average molecular weight is 370 g/mol. The summed E-state index contributed by atoms with van der Waals surface area (Å²) < 4.78 is 31.7. The number of aliphatic carboxylic acids is 1. The maximum Gasteiger partial charge on any atom is 0.311 e. The Hall–Kier alpha value is -1.97. The van der Waals surface area contributed by atoms with Crippen LogP contribution in [0.25, 0.3) is 0 Å². The SMILES string of the molecule is COCCNS(=O)(=O)c1ccc(C)c(C(=O)NCC2(C(=O)O)CC2)c1. The predicted molar refractivity (Wildman–Crippen MR) is 89.9 cm³/mol. The Kier molecular flexibility index (Phi) is 5.81. The molecule has 138 valence electrons. The van der Waals surface area contributed by atoms with Crippen molar-refractivity contribution in [2.75, 3.05) is 26.8 Å². The van der Waals surface area contributed by atoms with Crippen molar-refractivity contribution in [2.45, 2.75) is 24.7 Å². The number of rotatable bonds is 9. The molecule has 0 spiro atoms. The van der Waals surface area contributed by atoms with Crippen molar-refractivity contribution in [3.05, 3.63) is 29.3 Å². The monoisotopic (exact) mass is 370 g/mol. The second kappa shape index (κ2) is 7.51. The molecule has 1 aliphatic carbocycles. The van der Waals surface area contributed by atoms with E-state index in [1.165, 1.54) is 19.2 Å². The van der Waals surface area contributed by atoms with E-state index in [0.29, 0.717) is 18.4 Å². The number of hydrogen-bond acceptors (Lipinski definition) is 5. The number of benzene rings is 1. The van der Waals surface area contributed by atoms with Gasteiger partial charge in [0.2, 0.25) is 10.0 Å². The number of carbonyl (C=O) groups excluding carboxylic acids is 1. The number of ether oxygens (including phenoxy) is 1. The number of amides is 1. The fourth-order valence-electron chi connectivity index (χ4n) is 2.34. The Morgan fingerprint density at radius 1 is 1.32 bits per heavy atom. The lowest BCUT2D eigenvalue weighted by atomic mass is 10.1. The zero-order valence-electron chi connectivity index (χ0n) is 14.2. The van der Waals surface area contributed by atoms with Crippen LogP contribution in [0.3, 0.4) is 0 Å². The van der Waals surface area contributed by atoms with E-state index in [9.17, 15) is 18.0 Å². The van der Waals surface area contributed by atoms with Crippen LogP contribution in [-0.2, 0) is 19.6 Å². The molecule has 1 aliphatic rings. The van der Waals surface area contributed by atoms with Gasteiger partial charge in [-0.1, -0.05) is 6.07 Å². The standard InChI is InChI=1S/C16H22N2O6S/c1-11-3-4-12(25(22,23)18-7-8-24-2)9-13(11)14(19)17-10-16(5-6-16)15(20)21/h3-4,9,18H,5-8,10H2,1-2H3,(H,17,19)(H,20,21). The predicted octanol–water partition coefficient (Wildman–Crippen LogP) is 0.514. The molecule has 0 atom stereocenters. The van der Waals surface area contributed by atoms with E-state index < -0.39 is 27.3 Å².